The van der Waals surface area contributed by atoms with Crippen LogP contribution in [-0.4, -0.2) is 40.4 Å². The fraction of sp³-hybridized carbons (Fsp3) is 0.316. The Morgan fingerprint density at radius 2 is 2.07 bits per heavy atom. The van der Waals surface area contributed by atoms with Gasteiger partial charge < -0.3 is 27.1 Å². The lowest BCUT2D eigenvalue weighted by atomic mass is 9.93. The molecule has 0 aliphatic carbocycles. The number of hydrogen-bond acceptors (Lipinski definition) is 7. The minimum atomic E-state index is -0.815. The van der Waals surface area contributed by atoms with Gasteiger partial charge in [-0.05, 0) is 30.9 Å². The molecule has 9 nitrogen and oxygen atoms in total. The van der Waals surface area contributed by atoms with Gasteiger partial charge in [-0.15, -0.1) is 11.3 Å². The van der Waals surface area contributed by atoms with Crippen LogP contribution in [0.15, 0.2) is 24.5 Å². The number of rotatable bonds is 4. The second kappa shape index (κ2) is 8.39. The van der Waals surface area contributed by atoms with Crippen LogP contribution in [0.2, 0.25) is 0 Å². The summed E-state index contributed by atoms with van der Waals surface area (Å²) in [4.78, 5) is 43.7. The number of nitrogens with one attached hydrogen (secondary N) is 2. The predicted molar refractivity (Wildman–Crippen MR) is 111 cm³/mol. The maximum Gasteiger partial charge on any atom is 0.313 e. The highest BCUT2D eigenvalue weighted by Crippen LogP contribution is 2.38. The summed E-state index contributed by atoms with van der Waals surface area (Å²) in [6.45, 7) is 2.47. The van der Waals surface area contributed by atoms with Crippen LogP contribution in [-0.2, 0) is 9.59 Å². The summed E-state index contributed by atoms with van der Waals surface area (Å²) in [5, 5.41) is 9.93. The molecule has 2 aromatic heterocycles. The summed E-state index contributed by atoms with van der Waals surface area (Å²) in [6.07, 6.45) is 5.43. The van der Waals surface area contributed by atoms with Gasteiger partial charge in [0, 0.05) is 23.8 Å². The first kappa shape index (κ1) is 20.5. The maximum atomic E-state index is 12.9. The van der Waals surface area contributed by atoms with Gasteiger partial charge in [0.2, 0.25) is 5.91 Å². The molecule has 0 unspecified atom stereocenters. The maximum absolute atomic E-state index is 12.9. The second-order valence-electron chi connectivity index (χ2n) is 7.05. The van der Waals surface area contributed by atoms with E-state index in [0.717, 1.165) is 11.3 Å². The van der Waals surface area contributed by atoms with Crippen LogP contribution in [0.1, 0.15) is 45.9 Å². The van der Waals surface area contributed by atoms with Gasteiger partial charge in [0.15, 0.2) is 0 Å². The molecule has 1 aliphatic rings. The molecule has 10 heteroatoms. The Bertz CT molecular complexity index is 973. The molecule has 1 fully saturated rings. The van der Waals surface area contributed by atoms with Crippen LogP contribution >= 0.6 is 11.3 Å². The highest BCUT2D eigenvalue weighted by atomic mass is 32.1. The smallest absolute Gasteiger partial charge is 0.313 e. The second-order valence-corrected chi connectivity index (χ2v) is 8.16. The molecule has 0 bridgehead atoms. The molecular weight excluding hydrogens is 392 g/mol. The number of piperidine rings is 1. The fourth-order valence-electron chi connectivity index (χ4n) is 3.35. The molecule has 3 amide bonds. The molecule has 0 spiro atoms. The van der Waals surface area contributed by atoms with E-state index in [9.17, 15) is 14.4 Å². The van der Waals surface area contributed by atoms with Gasteiger partial charge >= 0.3 is 11.8 Å². The number of nitrogens with zero attached hydrogens (tertiary/aromatic N) is 2. The van der Waals surface area contributed by atoms with E-state index in [1.807, 2.05) is 6.92 Å². The Morgan fingerprint density at radius 3 is 2.72 bits per heavy atom. The quantitative estimate of drug-likeness (QED) is 0.443. The van der Waals surface area contributed by atoms with Crippen LogP contribution in [0, 0.1) is 11.3 Å². The van der Waals surface area contributed by atoms with Crippen molar-refractivity contribution in [3.63, 3.8) is 0 Å². The first-order valence-corrected chi connectivity index (χ1v) is 9.88. The van der Waals surface area contributed by atoms with Gasteiger partial charge in [0.05, 0.1) is 34.1 Å². The summed E-state index contributed by atoms with van der Waals surface area (Å²) >= 11 is 1.35. The summed E-state index contributed by atoms with van der Waals surface area (Å²) in [6, 6.07) is 2.86. The molecule has 0 radical (unpaired) electrons. The van der Waals surface area contributed by atoms with Crippen LogP contribution in [0.5, 0.6) is 0 Å². The van der Waals surface area contributed by atoms with E-state index in [1.165, 1.54) is 36.0 Å². The standard InChI is InChI=1S/C19H22N6O3S/c1-10-2-3-14(15-5-13(21)16(6-20)29-15)25(9-10)19(28)18(27)24-12-4-11(17(22)26)7-23-8-12/h4-8,10,14,20H,2-3,9,21H2,1H3,(H2,22,26)(H,24,27)/t10-,14+/m1/s1. The average Bonchev–Trinajstić information content (AvgIpc) is 3.07. The largest absolute Gasteiger partial charge is 0.398 e. The van der Waals surface area contributed by atoms with Gasteiger partial charge in [-0.3, -0.25) is 19.4 Å². The molecule has 3 rings (SSSR count). The van der Waals surface area contributed by atoms with Gasteiger partial charge in [0.25, 0.3) is 0 Å². The third-order valence-corrected chi connectivity index (χ3v) is 6.02. The van der Waals surface area contributed by atoms with E-state index in [4.69, 9.17) is 16.9 Å². The summed E-state index contributed by atoms with van der Waals surface area (Å²) in [5.74, 6) is -1.91. The number of nitrogens with two attached hydrogens (primary N) is 2. The van der Waals surface area contributed by atoms with Crippen LogP contribution in [0.25, 0.3) is 0 Å². The highest BCUT2D eigenvalue weighted by molar-refractivity contribution is 7.14. The third-order valence-electron chi connectivity index (χ3n) is 4.82. The first-order valence-electron chi connectivity index (χ1n) is 9.06. The van der Waals surface area contributed by atoms with Crippen LogP contribution in [0.4, 0.5) is 11.4 Å². The van der Waals surface area contributed by atoms with Crippen molar-refractivity contribution in [1.29, 1.82) is 5.41 Å². The van der Waals surface area contributed by atoms with Crippen molar-refractivity contribution in [3.8, 4) is 0 Å². The first-order chi connectivity index (χ1) is 13.8. The molecule has 1 saturated heterocycles. The van der Waals surface area contributed by atoms with Crippen molar-refractivity contribution < 1.29 is 14.4 Å². The lowest BCUT2D eigenvalue weighted by Gasteiger charge is -2.37. The van der Waals surface area contributed by atoms with Crippen molar-refractivity contribution in [3.05, 3.63) is 39.8 Å². The molecule has 0 aromatic carbocycles. The zero-order valence-corrected chi connectivity index (χ0v) is 16.7. The lowest BCUT2D eigenvalue weighted by molar-refractivity contribution is -0.146. The Labute approximate surface area is 171 Å². The van der Waals surface area contributed by atoms with Crippen LogP contribution in [0.3, 0.4) is 0 Å². The monoisotopic (exact) mass is 414 g/mol. The molecule has 6 N–H and O–H groups in total. The van der Waals surface area contributed by atoms with E-state index in [-0.39, 0.29) is 23.2 Å². The number of carbonyl (C=O) groups excluding carboxylic acids is 3. The van der Waals surface area contributed by atoms with E-state index < -0.39 is 17.7 Å². The number of likely N-dealkylation sites (tertiary alicyclic amines) is 1. The van der Waals surface area contributed by atoms with Crippen molar-refractivity contribution in [1.82, 2.24) is 9.88 Å². The van der Waals surface area contributed by atoms with E-state index in [2.05, 4.69) is 10.3 Å². The molecule has 2 aromatic rings. The topological polar surface area (TPSA) is 155 Å². The number of pyridine rings is 1. The fourth-order valence-corrected chi connectivity index (χ4v) is 4.40. The number of carbonyl (C=O) groups is 3. The number of hydrogen-bond donors (Lipinski definition) is 4. The summed E-state index contributed by atoms with van der Waals surface area (Å²) < 4.78 is 0. The molecule has 0 saturated carbocycles. The van der Waals surface area contributed by atoms with E-state index in [0.29, 0.717) is 23.5 Å². The van der Waals surface area contributed by atoms with E-state index >= 15 is 0 Å². The van der Waals surface area contributed by atoms with E-state index in [1.54, 1.807) is 11.0 Å². The molecular formula is C19H22N6O3S. The van der Waals surface area contributed by atoms with Crippen LogP contribution < -0.4 is 16.8 Å². The average molecular weight is 414 g/mol. The number of aromatic nitrogens is 1. The molecule has 1 aliphatic heterocycles. The number of anilines is 2. The Morgan fingerprint density at radius 1 is 1.31 bits per heavy atom. The van der Waals surface area contributed by atoms with Gasteiger partial charge in [0.1, 0.15) is 0 Å². The molecule has 3 heterocycles. The Hall–Kier alpha value is -3.27. The molecule has 2 atom stereocenters. The molecule has 29 heavy (non-hydrogen) atoms. The van der Waals surface area contributed by atoms with Gasteiger partial charge in [-0.25, -0.2) is 0 Å². The number of primary amides is 1. The van der Waals surface area contributed by atoms with Crippen molar-refractivity contribution in [2.75, 3.05) is 17.6 Å². The summed E-state index contributed by atoms with van der Waals surface area (Å²) in [7, 11) is 0. The van der Waals surface area contributed by atoms with Gasteiger partial charge in [-0.2, -0.15) is 0 Å². The van der Waals surface area contributed by atoms with Gasteiger partial charge in [-0.1, -0.05) is 6.92 Å². The van der Waals surface area contributed by atoms with Crippen molar-refractivity contribution in [2.24, 2.45) is 11.7 Å². The number of thiophene rings is 1. The third kappa shape index (κ3) is 4.43. The Balaban J connectivity index is 1.81. The minimum absolute atomic E-state index is 0.132. The number of amides is 3. The minimum Gasteiger partial charge on any atom is -0.398 e. The summed E-state index contributed by atoms with van der Waals surface area (Å²) in [5.41, 5.74) is 12.0. The highest BCUT2D eigenvalue weighted by Gasteiger charge is 2.35. The predicted octanol–water partition coefficient (Wildman–Crippen LogP) is 1.76. The van der Waals surface area contributed by atoms with Crippen molar-refractivity contribution in [2.45, 2.75) is 25.8 Å². The number of nitrogen functional groups attached to an aromatic ring is 1. The normalized spacial score (nSPS) is 18.9. The SMILES string of the molecule is C[C@@H]1CC[C@@H](c2cc(N)c(C=N)s2)N(C(=O)C(=O)Nc2cncc(C(N)=O)c2)C1. The Kier molecular flexibility index (Phi) is 5.92. The zero-order chi connectivity index (χ0) is 21.1. The zero-order valence-electron chi connectivity index (χ0n) is 15.8. The van der Waals surface area contributed by atoms with Crippen molar-refractivity contribution >= 4 is 46.6 Å². The molecule has 152 valence electrons. The lowest BCUT2D eigenvalue weighted by Crippen LogP contribution is -2.46.